The molecule has 0 aliphatic carbocycles. The van der Waals surface area contributed by atoms with E-state index in [2.05, 4.69) is 0 Å². The Balaban J connectivity index is 1.79. The van der Waals surface area contributed by atoms with Gasteiger partial charge in [-0.1, -0.05) is 48.5 Å². The summed E-state index contributed by atoms with van der Waals surface area (Å²) in [4.78, 5) is 4.87. The van der Waals surface area contributed by atoms with Crippen molar-refractivity contribution in [2.75, 3.05) is 14.2 Å². The number of hydrogen-bond donors (Lipinski definition) is 0. The fraction of sp³-hybridized carbons (Fsp3) is 0.125. The molecule has 1 heterocycles. The Morgan fingerprint density at radius 1 is 0.714 bits per heavy atom. The van der Waals surface area contributed by atoms with E-state index < -0.39 is 0 Å². The zero-order valence-corrected chi connectivity index (χ0v) is 15.9. The Morgan fingerprint density at radius 3 is 2.25 bits per heavy atom. The van der Waals surface area contributed by atoms with Gasteiger partial charge in [-0.3, -0.25) is 0 Å². The van der Waals surface area contributed by atoms with Crippen LogP contribution in [-0.4, -0.2) is 19.2 Å². The second-order valence-corrected chi connectivity index (χ2v) is 6.37. The molecule has 1 aromatic heterocycles. The lowest BCUT2D eigenvalue weighted by Crippen LogP contribution is -1.99. The number of hydrogen-bond acceptors (Lipinski definition) is 4. The SMILES string of the molecule is COc1ccc(-c2nc3ccccc3cc2OCc2ccccc2)cc1OC. The Labute approximate surface area is 164 Å². The van der Waals surface area contributed by atoms with Gasteiger partial charge in [-0.05, 0) is 35.9 Å². The van der Waals surface area contributed by atoms with Gasteiger partial charge in [0.15, 0.2) is 11.5 Å². The number of rotatable bonds is 6. The number of ether oxygens (including phenoxy) is 3. The van der Waals surface area contributed by atoms with Crippen LogP contribution in [0.1, 0.15) is 5.56 Å². The van der Waals surface area contributed by atoms with Crippen LogP contribution in [0.3, 0.4) is 0 Å². The second-order valence-electron chi connectivity index (χ2n) is 6.37. The number of para-hydroxylation sites is 1. The first kappa shape index (κ1) is 17.9. The first-order valence-corrected chi connectivity index (χ1v) is 9.07. The molecule has 0 saturated heterocycles. The van der Waals surface area contributed by atoms with Gasteiger partial charge in [0.1, 0.15) is 18.1 Å². The van der Waals surface area contributed by atoms with E-state index in [-0.39, 0.29) is 0 Å². The second kappa shape index (κ2) is 8.01. The van der Waals surface area contributed by atoms with Crippen LogP contribution in [-0.2, 0) is 6.61 Å². The molecule has 0 spiro atoms. The predicted molar refractivity (Wildman–Crippen MR) is 111 cm³/mol. The summed E-state index contributed by atoms with van der Waals surface area (Å²) in [5.41, 5.74) is 3.70. The Morgan fingerprint density at radius 2 is 1.46 bits per heavy atom. The topological polar surface area (TPSA) is 40.6 Å². The van der Waals surface area contributed by atoms with Crippen molar-refractivity contribution in [3.8, 4) is 28.5 Å². The highest BCUT2D eigenvalue weighted by Crippen LogP contribution is 2.37. The van der Waals surface area contributed by atoms with Gasteiger partial charge in [-0.2, -0.15) is 0 Å². The molecule has 0 atom stereocenters. The zero-order valence-electron chi connectivity index (χ0n) is 15.9. The molecule has 140 valence electrons. The molecule has 0 aliphatic rings. The molecule has 0 unspecified atom stereocenters. The maximum Gasteiger partial charge on any atom is 0.161 e. The molecule has 0 amide bonds. The van der Waals surface area contributed by atoms with Crippen LogP contribution in [0.15, 0.2) is 78.9 Å². The van der Waals surface area contributed by atoms with Crippen molar-refractivity contribution >= 4 is 10.9 Å². The summed E-state index contributed by atoms with van der Waals surface area (Å²) in [6.07, 6.45) is 0. The molecule has 3 aromatic carbocycles. The molecule has 4 nitrogen and oxygen atoms in total. The average Bonchev–Trinajstić information content (AvgIpc) is 2.77. The van der Waals surface area contributed by atoms with Crippen molar-refractivity contribution in [1.82, 2.24) is 4.98 Å². The predicted octanol–water partition coefficient (Wildman–Crippen LogP) is 5.50. The summed E-state index contributed by atoms with van der Waals surface area (Å²) < 4.78 is 17.0. The van der Waals surface area contributed by atoms with Crippen molar-refractivity contribution < 1.29 is 14.2 Å². The minimum atomic E-state index is 0.473. The van der Waals surface area contributed by atoms with Gasteiger partial charge in [0.05, 0.1) is 19.7 Å². The quantitative estimate of drug-likeness (QED) is 0.449. The highest BCUT2D eigenvalue weighted by atomic mass is 16.5. The molecule has 0 N–H and O–H groups in total. The molecular formula is C24H21NO3. The standard InChI is InChI=1S/C24H21NO3/c1-26-21-13-12-19(15-22(21)27-2)24-23(28-16-17-8-4-3-5-9-17)14-18-10-6-7-11-20(18)25-24/h3-15H,16H2,1-2H3. The van der Waals surface area contributed by atoms with Gasteiger partial charge in [0, 0.05) is 10.9 Å². The highest BCUT2D eigenvalue weighted by molar-refractivity contribution is 5.85. The van der Waals surface area contributed by atoms with Crippen molar-refractivity contribution in [2.45, 2.75) is 6.61 Å². The van der Waals surface area contributed by atoms with E-state index in [1.54, 1.807) is 14.2 Å². The van der Waals surface area contributed by atoms with Gasteiger partial charge >= 0.3 is 0 Å². The van der Waals surface area contributed by atoms with Gasteiger partial charge < -0.3 is 14.2 Å². The summed E-state index contributed by atoms with van der Waals surface area (Å²) in [6, 6.07) is 25.9. The Kier molecular flexibility index (Phi) is 5.11. The average molecular weight is 371 g/mol. The summed E-state index contributed by atoms with van der Waals surface area (Å²) in [7, 11) is 3.25. The van der Waals surface area contributed by atoms with Crippen LogP contribution in [0.2, 0.25) is 0 Å². The van der Waals surface area contributed by atoms with Crippen LogP contribution in [0, 0.1) is 0 Å². The third kappa shape index (κ3) is 3.62. The van der Waals surface area contributed by atoms with Gasteiger partial charge in [-0.25, -0.2) is 4.98 Å². The summed E-state index contributed by atoms with van der Waals surface area (Å²) >= 11 is 0. The van der Waals surface area contributed by atoms with E-state index in [9.17, 15) is 0 Å². The van der Waals surface area contributed by atoms with E-state index >= 15 is 0 Å². The normalized spacial score (nSPS) is 10.6. The molecule has 4 heteroatoms. The Bertz CT molecular complexity index is 1090. The maximum absolute atomic E-state index is 6.18. The molecule has 0 fully saturated rings. The van der Waals surface area contributed by atoms with Crippen LogP contribution in [0.4, 0.5) is 0 Å². The third-order valence-corrected chi connectivity index (χ3v) is 4.58. The van der Waals surface area contributed by atoms with E-state index in [0.29, 0.717) is 18.1 Å². The fourth-order valence-corrected chi connectivity index (χ4v) is 3.13. The molecule has 0 saturated carbocycles. The Hall–Kier alpha value is -3.53. The molecule has 28 heavy (non-hydrogen) atoms. The zero-order chi connectivity index (χ0) is 19.3. The smallest absolute Gasteiger partial charge is 0.161 e. The number of aromatic nitrogens is 1. The van der Waals surface area contributed by atoms with Crippen LogP contribution >= 0.6 is 0 Å². The van der Waals surface area contributed by atoms with Crippen molar-refractivity contribution in [3.63, 3.8) is 0 Å². The minimum Gasteiger partial charge on any atom is -0.493 e. The van der Waals surface area contributed by atoms with Gasteiger partial charge in [0.2, 0.25) is 0 Å². The van der Waals surface area contributed by atoms with Crippen molar-refractivity contribution in [3.05, 3.63) is 84.4 Å². The molecule has 4 aromatic rings. The minimum absolute atomic E-state index is 0.473. The monoisotopic (exact) mass is 371 g/mol. The summed E-state index contributed by atoms with van der Waals surface area (Å²) in [5, 5.41) is 1.04. The summed E-state index contributed by atoms with van der Waals surface area (Å²) in [6.45, 7) is 0.473. The fourth-order valence-electron chi connectivity index (χ4n) is 3.13. The van der Waals surface area contributed by atoms with Crippen molar-refractivity contribution in [1.29, 1.82) is 0 Å². The number of methoxy groups -OCH3 is 2. The number of nitrogens with zero attached hydrogens (tertiary/aromatic N) is 1. The molecular weight excluding hydrogens is 350 g/mol. The third-order valence-electron chi connectivity index (χ3n) is 4.58. The largest absolute Gasteiger partial charge is 0.493 e. The van der Waals surface area contributed by atoms with Crippen molar-refractivity contribution in [2.24, 2.45) is 0 Å². The lowest BCUT2D eigenvalue weighted by molar-refractivity contribution is 0.307. The van der Waals surface area contributed by atoms with Crippen LogP contribution in [0.5, 0.6) is 17.2 Å². The van der Waals surface area contributed by atoms with E-state index in [4.69, 9.17) is 19.2 Å². The molecule has 0 radical (unpaired) electrons. The lowest BCUT2D eigenvalue weighted by atomic mass is 10.1. The lowest BCUT2D eigenvalue weighted by Gasteiger charge is -2.14. The van der Waals surface area contributed by atoms with Crippen LogP contribution < -0.4 is 14.2 Å². The van der Waals surface area contributed by atoms with E-state index in [1.165, 1.54) is 0 Å². The first-order valence-electron chi connectivity index (χ1n) is 9.07. The maximum atomic E-state index is 6.18. The molecule has 0 bridgehead atoms. The number of pyridine rings is 1. The number of benzene rings is 3. The first-order chi connectivity index (χ1) is 13.8. The van der Waals surface area contributed by atoms with Gasteiger partial charge in [0.25, 0.3) is 0 Å². The van der Waals surface area contributed by atoms with Crippen LogP contribution in [0.25, 0.3) is 22.2 Å². The highest BCUT2D eigenvalue weighted by Gasteiger charge is 2.14. The molecule has 0 aliphatic heterocycles. The van der Waals surface area contributed by atoms with E-state index in [1.807, 2.05) is 78.9 Å². The number of fused-ring (bicyclic) bond motifs is 1. The molecule has 4 rings (SSSR count). The van der Waals surface area contributed by atoms with E-state index in [0.717, 1.165) is 33.5 Å². The van der Waals surface area contributed by atoms with Gasteiger partial charge in [-0.15, -0.1) is 0 Å². The summed E-state index contributed by atoms with van der Waals surface area (Å²) in [5.74, 6) is 2.07.